The number of nitrogens with one attached hydrogen (secondary N) is 3. The number of hydrogen-bond donors (Lipinski definition) is 4. The van der Waals surface area contributed by atoms with Gasteiger partial charge in [0, 0.05) is 13.8 Å². The number of ether oxygens (including phenoxy) is 3. The second kappa shape index (κ2) is 30.2. The Balaban J connectivity index is 0.000000255. The third kappa shape index (κ3) is 20.6. The van der Waals surface area contributed by atoms with Gasteiger partial charge in [-0.3, -0.25) is 19.3 Å². The predicted octanol–water partition coefficient (Wildman–Crippen LogP) is 7.56. The Morgan fingerprint density at radius 2 is 1.13 bits per heavy atom. The molecule has 16 nitrogen and oxygen atoms in total. The van der Waals surface area contributed by atoms with Gasteiger partial charge in [-0.25, -0.2) is 16.8 Å². The SMILES string of the molecule is C.CC(=O)NC(Cc1ccccc1)C1CO1.COc1ccc(S(=O)(=O)N(CC(O)C(Cc2ccccc2)NC(C)=O)OCC2CCCCC2)cc1.COc1ccc(S(=O)(=O)NOCC2CCCCC2)cc1. The van der Waals surface area contributed by atoms with Crippen LogP contribution in [0.5, 0.6) is 11.5 Å². The minimum atomic E-state index is -4.07. The smallest absolute Gasteiger partial charge is 0.265 e. The molecule has 2 aliphatic carbocycles. The minimum Gasteiger partial charge on any atom is -0.497 e. The number of sulfonamides is 2. The highest BCUT2D eigenvalue weighted by Crippen LogP contribution is 2.27. The number of aliphatic hydroxyl groups excluding tert-OH is 1. The van der Waals surface area contributed by atoms with Crippen molar-refractivity contribution in [2.75, 3.05) is 40.6 Å². The predicted molar refractivity (Wildman–Crippen MR) is 273 cm³/mol. The first-order valence-corrected chi connectivity index (χ1v) is 27.1. The third-order valence-corrected chi connectivity index (χ3v) is 15.3. The molecule has 18 heteroatoms. The molecule has 3 aliphatic rings. The number of aliphatic hydroxyl groups is 1. The number of rotatable bonds is 22. The minimum absolute atomic E-state index is 0. The molecule has 2 saturated carbocycles. The summed E-state index contributed by atoms with van der Waals surface area (Å²) in [5, 5.41) is 16.8. The normalized spacial score (nSPS) is 17.4. The second-order valence-electron chi connectivity index (χ2n) is 18.0. The van der Waals surface area contributed by atoms with Crippen LogP contribution in [0.2, 0.25) is 0 Å². The molecule has 7 rings (SSSR count). The van der Waals surface area contributed by atoms with E-state index in [9.17, 15) is 31.5 Å². The van der Waals surface area contributed by atoms with Crippen molar-refractivity contribution in [2.45, 2.75) is 132 Å². The zero-order valence-corrected chi connectivity index (χ0v) is 42.5. The molecule has 4 N–H and O–H groups in total. The number of nitrogens with zero attached hydrogens (tertiary/aromatic N) is 1. The van der Waals surface area contributed by atoms with Crippen molar-refractivity contribution in [2.24, 2.45) is 11.8 Å². The van der Waals surface area contributed by atoms with Gasteiger partial charge in [-0.05, 0) is 110 Å². The van der Waals surface area contributed by atoms with Crippen LogP contribution in [-0.2, 0) is 56.9 Å². The quantitative estimate of drug-likeness (QED) is 0.0444. The number of benzene rings is 4. The second-order valence-corrected chi connectivity index (χ2v) is 21.4. The number of methoxy groups -OCH3 is 2. The lowest BCUT2D eigenvalue weighted by Crippen LogP contribution is -2.50. The number of hydrogen-bond acceptors (Lipinski definition) is 12. The summed E-state index contributed by atoms with van der Waals surface area (Å²) in [6.07, 6.45) is 11.5. The fourth-order valence-corrected chi connectivity index (χ4v) is 10.5. The summed E-state index contributed by atoms with van der Waals surface area (Å²) >= 11 is 0. The van der Waals surface area contributed by atoms with Gasteiger partial charge in [0.2, 0.25) is 11.8 Å². The number of carbonyl (C=O) groups is 2. The molecular formula is C53H76N4O12S2. The van der Waals surface area contributed by atoms with Crippen molar-refractivity contribution in [1.29, 1.82) is 0 Å². The van der Waals surface area contributed by atoms with Crippen LogP contribution in [0, 0.1) is 11.8 Å². The maximum atomic E-state index is 13.5. The van der Waals surface area contributed by atoms with Crippen LogP contribution in [0.25, 0.3) is 0 Å². The van der Waals surface area contributed by atoms with Crippen LogP contribution >= 0.6 is 0 Å². The van der Waals surface area contributed by atoms with Crippen molar-refractivity contribution in [1.82, 2.24) is 20.0 Å². The third-order valence-electron chi connectivity index (χ3n) is 12.4. The van der Waals surface area contributed by atoms with Gasteiger partial charge in [0.25, 0.3) is 20.0 Å². The summed E-state index contributed by atoms with van der Waals surface area (Å²) in [4.78, 5) is 36.3. The van der Waals surface area contributed by atoms with Gasteiger partial charge in [-0.1, -0.05) is 116 Å². The van der Waals surface area contributed by atoms with Crippen molar-refractivity contribution in [3.63, 3.8) is 0 Å². The molecule has 1 saturated heterocycles. The lowest BCUT2D eigenvalue weighted by molar-refractivity contribution is -0.127. The average Bonchev–Trinajstić information content (AvgIpc) is 4.22. The molecule has 1 aliphatic heterocycles. The molecule has 0 bridgehead atoms. The van der Waals surface area contributed by atoms with E-state index in [2.05, 4.69) is 27.7 Å². The van der Waals surface area contributed by atoms with E-state index in [0.717, 1.165) is 61.6 Å². The Labute approximate surface area is 422 Å². The summed E-state index contributed by atoms with van der Waals surface area (Å²) in [6, 6.07) is 31.2. The fraction of sp³-hybridized carbons (Fsp3) is 0.509. The Morgan fingerprint density at radius 1 is 0.662 bits per heavy atom. The number of epoxide rings is 1. The molecule has 4 aromatic carbocycles. The molecular weight excluding hydrogens is 949 g/mol. The van der Waals surface area contributed by atoms with Crippen LogP contribution in [0.3, 0.4) is 0 Å². The van der Waals surface area contributed by atoms with Crippen molar-refractivity contribution >= 4 is 31.9 Å². The monoisotopic (exact) mass is 1020 g/mol. The fourth-order valence-electron chi connectivity index (χ4n) is 8.40. The number of hydroxylamine groups is 1. The van der Waals surface area contributed by atoms with Crippen LogP contribution < -0.4 is 25.0 Å². The Morgan fingerprint density at radius 3 is 1.59 bits per heavy atom. The summed E-state index contributed by atoms with van der Waals surface area (Å²) < 4.78 is 67.2. The van der Waals surface area contributed by atoms with E-state index in [1.54, 1.807) is 31.2 Å². The largest absolute Gasteiger partial charge is 0.497 e. The van der Waals surface area contributed by atoms with Crippen LogP contribution in [-0.4, -0.2) is 103 Å². The van der Waals surface area contributed by atoms with Gasteiger partial charge < -0.3 is 30.0 Å². The molecule has 2 amide bonds. The van der Waals surface area contributed by atoms with Crippen LogP contribution in [0.15, 0.2) is 119 Å². The first-order chi connectivity index (χ1) is 33.7. The number of carbonyl (C=O) groups excluding carboxylic acids is 2. The number of amides is 2. The van der Waals surface area contributed by atoms with Crippen LogP contribution in [0.1, 0.15) is 96.6 Å². The molecule has 4 aromatic rings. The Bertz CT molecular complexity index is 2360. The molecule has 1 heterocycles. The molecule has 4 unspecified atom stereocenters. The molecule has 71 heavy (non-hydrogen) atoms. The first-order valence-electron chi connectivity index (χ1n) is 24.2. The highest BCUT2D eigenvalue weighted by atomic mass is 32.2. The van der Waals surface area contributed by atoms with Crippen LogP contribution in [0.4, 0.5) is 0 Å². The van der Waals surface area contributed by atoms with E-state index in [1.165, 1.54) is 76.7 Å². The van der Waals surface area contributed by atoms with Gasteiger partial charge in [-0.15, -0.1) is 0 Å². The highest BCUT2D eigenvalue weighted by Gasteiger charge is 2.34. The van der Waals surface area contributed by atoms with Gasteiger partial charge in [0.15, 0.2) is 0 Å². The van der Waals surface area contributed by atoms with Gasteiger partial charge in [0.1, 0.15) is 17.6 Å². The van der Waals surface area contributed by atoms with Crippen molar-refractivity contribution in [3.8, 4) is 11.5 Å². The van der Waals surface area contributed by atoms with E-state index in [4.69, 9.17) is 23.9 Å². The lowest BCUT2D eigenvalue weighted by atomic mass is 9.90. The summed E-state index contributed by atoms with van der Waals surface area (Å²) in [6.45, 7) is 4.05. The maximum Gasteiger partial charge on any atom is 0.265 e. The molecule has 4 atom stereocenters. The van der Waals surface area contributed by atoms with E-state index >= 15 is 0 Å². The van der Waals surface area contributed by atoms with E-state index < -0.39 is 32.2 Å². The summed E-state index contributed by atoms with van der Waals surface area (Å²) in [5.74, 6) is 1.58. The van der Waals surface area contributed by atoms with E-state index in [-0.39, 0.29) is 60.2 Å². The topological polar surface area (TPSA) is 211 Å². The highest BCUT2D eigenvalue weighted by molar-refractivity contribution is 7.89. The van der Waals surface area contributed by atoms with E-state index in [0.29, 0.717) is 30.4 Å². The maximum absolute atomic E-state index is 13.5. The van der Waals surface area contributed by atoms with Crippen molar-refractivity contribution in [3.05, 3.63) is 120 Å². The zero-order chi connectivity index (χ0) is 50.4. The molecule has 3 fully saturated rings. The average molecular weight is 1030 g/mol. The lowest BCUT2D eigenvalue weighted by Gasteiger charge is -2.30. The molecule has 0 aromatic heterocycles. The molecule has 0 radical (unpaired) electrons. The van der Waals surface area contributed by atoms with Gasteiger partial charge >= 0.3 is 0 Å². The van der Waals surface area contributed by atoms with E-state index in [1.807, 2.05) is 48.5 Å². The molecule has 0 spiro atoms. The zero-order valence-electron chi connectivity index (χ0n) is 40.9. The summed E-state index contributed by atoms with van der Waals surface area (Å²) in [7, 11) is -4.64. The standard InChI is InChI=1S/C26H36N2O6S.C14H21NO4S.C12H15NO2.CH4/c1-20(29)27-25(17-21-9-5-3-6-10-21)26(30)18-28(34-19-22-11-7-4-8-12-22)35(31,32)24-15-13-23(33-2)14-16-24;1-18-13-7-9-14(10-8-13)20(16,17)15-19-11-12-5-3-2-4-6-12;1-9(14)13-11(12-8-15-12)7-10-5-3-2-4-6-10;/h3,5-6,9-10,13-16,22,25-26,30H,4,7-8,11-12,17-19H2,1-2H3,(H,27,29);7-10,12,15H,2-6,11H2,1H3;2-6,11-12H,7-8H2,1H3,(H,13,14);1H4. The molecule has 392 valence electrons. The Hall–Kier alpha value is -4.92. The Kier molecular flexibility index (Phi) is 24.9. The van der Waals surface area contributed by atoms with Gasteiger partial charge in [0.05, 0.1) is 68.6 Å². The summed E-state index contributed by atoms with van der Waals surface area (Å²) in [5.41, 5.74) is 2.14. The first kappa shape index (κ1) is 58.6. The van der Waals surface area contributed by atoms with Gasteiger partial charge in [-0.2, -0.15) is 0 Å². The van der Waals surface area contributed by atoms with Crippen molar-refractivity contribution < 1.29 is 55.4 Å².